The summed E-state index contributed by atoms with van der Waals surface area (Å²) in [6, 6.07) is 7.09. The van der Waals surface area contributed by atoms with E-state index in [4.69, 9.17) is 9.47 Å². The molecule has 0 aliphatic carbocycles. The lowest BCUT2D eigenvalue weighted by atomic mass is 10.1. The Hall–Kier alpha value is -0.950. The Kier molecular flexibility index (Phi) is 3.58. The van der Waals surface area contributed by atoms with Gasteiger partial charge in [-0.3, -0.25) is 0 Å². The molecule has 0 N–H and O–H groups in total. The molecule has 5 nitrogen and oxygen atoms in total. The van der Waals surface area contributed by atoms with Gasteiger partial charge in [-0.1, -0.05) is 18.2 Å². The molecule has 0 unspecified atom stereocenters. The van der Waals surface area contributed by atoms with E-state index in [9.17, 15) is 8.42 Å². The Morgan fingerprint density at radius 3 is 2.30 bits per heavy atom. The molecule has 20 heavy (non-hydrogen) atoms. The minimum atomic E-state index is -3.42. The topological polar surface area (TPSA) is 55.8 Å². The molecule has 1 spiro atoms. The van der Waals surface area contributed by atoms with Crippen molar-refractivity contribution in [2.24, 2.45) is 0 Å². The Morgan fingerprint density at radius 1 is 1.10 bits per heavy atom. The molecule has 0 radical (unpaired) electrons. The zero-order chi connectivity index (χ0) is 14.2. The van der Waals surface area contributed by atoms with E-state index in [-0.39, 0.29) is 0 Å². The van der Waals surface area contributed by atoms with Gasteiger partial charge in [0.2, 0.25) is 10.0 Å². The van der Waals surface area contributed by atoms with Crippen LogP contribution in [0.4, 0.5) is 0 Å². The number of hydrogen-bond donors (Lipinski definition) is 0. The zero-order valence-electron chi connectivity index (χ0n) is 11.5. The van der Waals surface area contributed by atoms with Crippen molar-refractivity contribution < 1.29 is 17.9 Å². The molecule has 110 valence electrons. The molecule has 2 aliphatic rings. The average molecular weight is 297 g/mol. The van der Waals surface area contributed by atoms with Crippen molar-refractivity contribution in [2.45, 2.75) is 30.4 Å². The molecule has 2 fully saturated rings. The molecule has 0 amide bonds. The van der Waals surface area contributed by atoms with Gasteiger partial charge in [0.25, 0.3) is 0 Å². The van der Waals surface area contributed by atoms with Crippen molar-refractivity contribution in [1.82, 2.24) is 4.31 Å². The predicted molar refractivity (Wildman–Crippen MR) is 73.8 cm³/mol. The molecule has 1 aromatic rings. The van der Waals surface area contributed by atoms with Gasteiger partial charge in [-0.25, -0.2) is 8.42 Å². The Morgan fingerprint density at radius 2 is 1.70 bits per heavy atom. The molecule has 0 bridgehead atoms. The fourth-order valence-electron chi connectivity index (χ4n) is 2.84. The molecule has 2 saturated heterocycles. The smallest absolute Gasteiger partial charge is 0.243 e. The summed E-state index contributed by atoms with van der Waals surface area (Å²) >= 11 is 0. The number of aryl methyl sites for hydroxylation is 1. The maximum absolute atomic E-state index is 12.7. The summed E-state index contributed by atoms with van der Waals surface area (Å²) in [4.78, 5) is 0.393. The van der Waals surface area contributed by atoms with Crippen molar-refractivity contribution in [3.8, 4) is 0 Å². The van der Waals surface area contributed by atoms with Gasteiger partial charge in [0.05, 0.1) is 18.1 Å². The highest BCUT2D eigenvalue weighted by molar-refractivity contribution is 7.89. The van der Waals surface area contributed by atoms with Crippen molar-refractivity contribution in [3.63, 3.8) is 0 Å². The van der Waals surface area contributed by atoms with Crippen LogP contribution in [0.5, 0.6) is 0 Å². The number of piperidine rings is 1. The lowest BCUT2D eigenvalue weighted by Crippen LogP contribution is -2.47. The molecule has 0 aromatic heterocycles. The van der Waals surface area contributed by atoms with E-state index in [0.29, 0.717) is 44.0 Å². The number of ether oxygens (including phenoxy) is 2. The molecule has 3 rings (SSSR count). The largest absolute Gasteiger partial charge is 0.347 e. The molecule has 0 atom stereocenters. The first kappa shape index (κ1) is 14.0. The van der Waals surface area contributed by atoms with Gasteiger partial charge >= 0.3 is 0 Å². The monoisotopic (exact) mass is 297 g/mol. The molecule has 6 heteroatoms. The number of nitrogens with zero attached hydrogens (tertiary/aromatic N) is 1. The second-order valence-electron chi connectivity index (χ2n) is 5.28. The van der Waals surface area contributed by atoms with E-state index < -0.39 is 15.8 Å². The third-order valence-electron chi connectivity index (χ3n) is 4.01. The highest BCUT2D eigenvalue weighted by Crippen LogP contribution is 2.33. The van der Waals surface area contributed by atoms with Crippen LogP contribution in [0.1, 0.15) is 18.4 Å². The molecular formula is C14H19NO4S. The number of benzene rings is 1. The van der Waals surface area contributed by atoms with Crippen LogP contribution in [-0.4, -0.2) is 44.8 Å². The fraction of sp³-hybridized carbons (Fsp3) is 0.571. The summed E-state index contributed by atoms with van der Waals surface area (Å²) in [5, 5.41) is 0. The number of sulfonamides is 1. The predicted octanol–water partition coefficient (Wildman–Crippen LogP) is 1.52. The number of hydrogen-bond acceptors (Lipinski definition) is 4. The lowest BCUT2D eigenvalue weighted by molar-refractivity contribution is -0.179. The summed E-state index contributed by atoms with van der Waals surface area (Å²) in [5.74, 6) is -0.544. The van der Waals surface area contributed by atoms with Gasteiger partial charge in [-0.15, -0.1) is 0 Å². The van der Waals surface area contributed by atoms with Gasteiger partial charge in [-0.05, 0) is 18.6 Å². The maximum Gasteiger partial charge on any atom is 0.243 e. The second-order valence-corrected chi connectivity index (χ2v) is 7.18. The van der Waals surface area contributed by atoms with Crippen molar-refractivity contribution in [2.75, 3.05) is 26.3 Å². The van der Waals surface area contributed by atoms with Gasteiger partial charge < -0.3 is 9.47 Å². The number of rotatable bonds is 2. The SMILES string of the molecule is Cc1ccccc1S(=O)(=O)N1CCC2(CC1)OCCO2. The Labute approximate surface area is 119 Å². The Bertz CT molecular complexity index is 583. The minimum absolute atomic E-state index is 0.393. The van der Waals surface area contributed by atoms with Crippen LogP contribution in [0.3, 0.4) is 0 Å². The van der Waals surface area contributed by atoms with Crippen LogP contribution in [0, 0.1) is 6.92 Å². The van der Waals surface area contributed by atoms with E-state index in [2.05, 4.69) is 0 Å². The summed E-state index contributed by atoms with van der Waals surface area (Å²) in [6.07, 6.45) is 1.19. The van der Waals surface area contributed by atoms with E-state index in [1.165, 1.54) is 4.31 Å². The highest BCUT2D eigenvalue weighted by Gasteiger charge is 2.42. The molecule has 1 aromatic carbocycles. The second kappa shape index (κ2) is 5.11. The van der Waals surface area contributed by atoms with Gasteiger partial charge in [0.1, 0.15) is 0 Å². The molecule has 0 saturated carbocycles. The van der Waals surface area contributed by atoms with Crippen molar-refractivity contribution >= 4 is 10.0 Å². The van der Waals surface area contributed by atoms with Crippen LogP contribution in [0.15, 0.2) is 29.2 Å². The first-order valence-electron chi connectivity index (χ1n) is 6.87. The van der Waals surface area contributed by atoms with Crippen LogP contribution in [-0.2, 0) is 19.5 Å². The zero-order valence-corrected chi connectivity index (χ0v) is 12.4. The van der Waals surface area contributed by atoms with Gasteiger partial charge in [-0.2, -0.15) is 4.31 Å². The van der Waals surface area contributed by atoms with Crippen LogP contribution in [0.2, 0.25) is 0 Å². The van der Waals surface area contributed by atoms with Crippen LogP contribution >= 0.6 is 0 Å². The summed E-state index contributed by atoms with van der Waals surface area (Å²) < 4.78 is 38.1. The van der Waals surface area contributed by atoms with E-state index in [0.717, 1.165) is 5.56 Å². The Balaban J connectivity index is 1.79. The highest BCUT2D eigenvalue weighted by atomic mass is 32.2. The maximum atomic E-state index is 12.7. The summed E-state index contributed by atoms with van der Waals surface area (Å²) in [7, 11) is -3.42. The summed E-state index contributed by atoms with van der Waals surface area (Å²) in [6.45, 7) is 3.91. The van der Waals surface area contributed by atoms with E-state index in [1.54, 1.807) is 12.1 Å². The minimum Gasteiger partial charge on any atom is -0.347 e. The van der Waals surface area contributed by atoms with Crippen molar-refractivity contribution in [1.29, 1.82) is 0 Å². The lowest BCUT2D eigenvalue weighted by Gasteiger charge is -2.37. The third-order valence-corrected chi connectivity index (χ3v) is 6.07. The molecule has 2 heterocycles. The standard InChI is InChI=1S/C14H19NO4S/c1-12-4-2-3-5-13(12)20(16,17)15-8-6-14(7-9-15)18-10-11-19-14/h2-5H,6-11H2,1H3. The van der Waals surface area contributed by atoms with E-state index >= 15 is 0 Å². The fourth-order valence-corrected chi connectivity index (χ4v) is 4.50. The molecule has 2 aliphatic heterocycles. The van der Waals surface area contributed by atoms with Gasteiger partial charge in [0.15, 0.2) is 5.79 Å². The molecular weight excluding hydrogens is 278 g/mol. The normalized spacial score (nSPS) is 23.2. The van der Waals surface area contributed by atoms with E-state index in [1.807, 2.05) is 19.1 Å². The van der Waals surface area contributed by atoms with Crippen LogP contribution < -0.4 is 0 Å². The van der Waals surface area contributed by atoms with Crippen LogP contribution in [0.25, 0.3) is 0 Å². The van der Waals surface area contributed by atoms with Gasteiger partial charge in [0, 0.05) is 25.9 Å². The quantitative estimate of drug-likeness (QED) is 0.830. The average Bonchev–Trinajstić information content (AvgIpc) is 2.88. The first-order valence-corrected chi connectivity index (χ1v) is 8.31. The first-order chi connectivity index (χ1) is 9.54. The third kappa shape index (κ3) is 2.37. The summed E-state index contributed by atoms with van der Waals surface area (Å²) in [5.41, 5.74) is 0.779. The van der Waals surface area contributed by atoms with Crippen molar-refractivity contribution in [3.05, 3.63) is 29.8 Å².